The molecule has 3 aromatic heterocycles. The van der Waals surface area contributed by atoms with Crippen LogP contribution in [0.4, 0.5) is 11.6 Å². The van der Waals surface area contributed by atoms with Crippen molar-refractivity contribution in [2.75, 3.05) is 12.4 Å². The largest absolute Gasteiger partial charge is 0.474 e. The molecule has 0 saturated heterocycles. The zero-order valence-electron chi connectivity index (χ0n) is 23.0. The number of H-pyrrole nitrogens is 1. The van der Waals surface area contributed by atoms with Gasteiger partial charge in [0.15, 0.2) is 11.5 Å². The lowest BCUT2D eigenvalue weighted by molar-refractivity contribution is -0.0114. The van der Waals surface area contributed by atoms with E-state index < -0.39 is 5.60 Å². The third-order valence-electron chi connectivity index (χ3n) is 7.55. The van der Waals surface area contributed by atoms with Gasteiger partial charge in [0, 0.05) is 37.0 Å². The highest BCUT2D eigenvalue weighted by molar-refractivity contribution is 5.99. The van der Waals surface area contributed by atoms with E-state index in [0.717, 1.165) is 46.1 Å². The third kappa shape index (κ3) is 4.98. The molecule has 3 heterocycles. The van der Waals surface area contributed by atoms with Gasteiger partial charge in [-0.3, -0.25) is 4.79 Å². The number of benzene rings is 2. The molecular weight excluding hydrogens is 508 g/mol. The van der Waals surface area contributed by atoms with Crippen molar-refractivity contribution in [2.24, 2.45) is 0 Å². The van der Waals surface area contributed by atoms with Crippen LogP contribution in [0.3, 0.4) is 0 Å². The van der Waals surface area contributed by atoms with Crippen molar-refractivity contribution in [3.05, 3.63) is 59.6 Å². The summed E-state index contributed by atoms with van der Waals surface area (Å²) in [7, 11) is 1.61. The highest BCUT2D eigenvalue weighted by Crippen LogP contribution is 2.38. The smallest absolute Gasteiger partial charge is 0.251 e. The second-order valence-electron chi connectivity index (χ2n) is 10.7. The number of nitrogens with one attached hydrogen (secondary N) is 3. The zero-order valence-corrected chi connectivity index (χ0v) is 23.0. The Bertz CT molecular complexity index is 1730. The van der Waals surface area contributed by atoms with Crippen molar-refractivity contribution in [2.45, 2.75) is 58.2 Å². The molecule has 6 rings (SSSR count). The molecule has 1 saturated carbocycles. The maximum absolute atomic E-state index is 12.0. The van der Waals surface area contributed by atoms with Gasteiger partial charge in [0.05, 0.1) is 11.0 Å². The van der Waals surface area contributed by atoms with Crippen LogP contribution in [0.1, 0.15) is 54.4 Å². The minimum absolute atomic E-state index is 0.0816. The maximum Gasteiger partial charge on any atom is 0.251 e. The van der Waals surface area contributed by atoms with Gasteiger partial charge in [0.1, 0.15) is 17.3 Å². The Morgan fingerprint density at radius 1 is 1.12 bits per heavy atom. The first-order valence-corrected chi connectivity index (χ1v) is 13.4. The number of fused-ring (bicyclic) bond motifs is 2. The van der Waals surface area contributed by atoms with Crippen LogP contribution in [0.2, 0.25) is 0 Å². The van der Waals surface area contributed by atoms with Gasteiger partial charge in [-0.2, -0.15) is 9.97 Å². The molecule has 0 spiro atoms. The number of amides is 1. The van der Waals surface area contributed by atoms with E-state index in [1.165, 1.54) is 0 Å². The zero-order chi connectivity index (χ0) is 28.0. The third-order valence-corrected chi connectivity index (χ3v) is 7.55. The molecule has 10 heteroatoms. The van der Waals surface area contributed by atoms with Gasteiger partial charge < -0.3 is 29.9 Å². The highest BCUT2D eigenvalue weighted by atomic mass is 16.5. The maximum atomic E-state index is 12.0. The molecule has 206 valence electrons. The molecule has 2 aromatic carbocycles. The van der Waals surface area contributed by atoms with Crippen molar-refractivity contribution in [3.8, 4) is 17.0 Å². The van der Waals surface area contributed by atoms with Gasteiger partial charge in [-0.25, -0.2) is 4.98 Å². The van der Waals surface area contributed by atoms with Crippen molar-refractivity contribution >= 4 is 39.7 Å². The first-order chi connectivity index (χ1) is 19.2. The number of hydrogen-bond donors (Lipinski definition) is 4. The number of oxazole rings is 1. The summed E-state index contributed by atoms with van der Waals surface area (Å²) in [6.07, 6.45) is 4.59. The van der Waals surface area contributed by atoms with Gasteiger partial charge >= 0.3 is 0 Å². The van der Waals surface area contributed by atoms with Crippen LogP contribution in [-0.4, -0.2) is 49.7 Å². The van der Waals surface area contributed by atoms with Gasteiger partial charge in [-0.05, 0) is 81.0 Å². The van der Waals surface area contributed by atoms with Crippen molar-refractivity contribution in [3.63, 3.8) is 0 Å². The molecule has 1 aliphatic rings. The normalized spacial score (nSPS) is 19.2. The van der Waals surface area contributed by atoms with Crippen molar-refractivity contribution in [1.82, 2.24) is 25.3 Å². The highest BCUT2D eigenvalue weighted by Gasteiger charge is 2.31. The summed E-state index contributed by atoms with van der Waals surface area (Å²) in [4.78, 5) is 29.3. The Balaban J connectivity index is 1.40. The Morgan fingerprint density at radius 3 is 2.67 bits per heavy atom. The molecule has 10 nitrogen and oxygen atoms in total. The summed E-state index contributed by atoms with van der Waals surface area (Å²) in [5.74, 6) is 1.30. The van der Waals surface area contributed by atoms with Crippen LogP contribution < -0.4 is 15.4 Å². The number of hydrogen-bond acceptors (Lipinski definition) is 8. The predicted molar refractivity (Wildman–Crippen MR) is 153 cm³/mol. The van der Waals surface area contributed by atoms with Gasteiger partial charge in [0.25, 0.3) is 5.91 Å². The number of nitrogens with zero attached hydrogens (tertiary/aromatic N) is 3. The van der Waals surface area contributed by atoms with Crippen LogP contribution in [0.5, 0.6) is 5.88 Å². The molecule has 40 heavy (non-hydrogen) atoms. The number of carbonyl (C=O) groups excluding carboxylic acids is 1. The van der Waals surface area contributed by atoms with Gasteiger partial charge in [-0.1, -0.05) is 6.07 Å². The number of ether oxygens (including phenoxy) is 1. The van der Waals surface area contributed by atoms with E-state index in [4.69, 9.17) is 19.1 Å². The summed E-state index contributed by atoms with van der Waals surface area (Å²) in [6.45, 7) is 5.62. The molecule has 0 bridgehead atoms. The Morgan fingerprint density at radius 2 is 1.93 bits per heavy atom. The van der Waals surface area contributed by atoms with E-state index in [1.54, 1.807) is 13.1 Å². The van der Waals surface area contributed by atoms with Crippen LogP contribution in [-0.2, 0) is 0 Å². The fraction of sp³-hybridized carbons (Fsp3) is 0.333. The topological polar surface area (TPSA) is 138 Å². The summed E-state index contributed by atoms with van der Waals surface area (Å²) in [5, 5.41) is 17.2. The van der Waals surface area contributed by atoms with Crippen LogP contribution in [0.15, 0.2) is 47.0 Å². The summed E-state index contributed by atoms with van der Waals surface area (Å²) >= 11 is 0. The molecule has 0 aliphatic heterocycles. The summed E-state index contributed by atoms with van der Waals surface area (Å²) in [6, 6.07) is 11.3. The number of carbonyl (C=O) groups is 1. The van der Waals surface area contributed by atoms with E-state index >= 15 is 0 Å². The number of aliphatic hydroxyl groups is 1. The first kappa shape index (κ1) is 25.8. The molecule has 0 atom stereocenters. The SMILES string of the molecule is CNC(=O)c1ccc(Nc2nc(O[C@H]3CC[C@@](C)(O)CC3)c3c(-c4ccc5nc(C)oc5c4)c[nH]c3n2)c(C)c1. The minimum Gasteiger partial charge on any atom is -0.474 e. The standard InChI is InChI=1S/C30H32N6O4/c1-16-13-19(27(37)31-4)6-7-22(16)34-29-35-26-25(28(36-29)40-20-9-11-30(3,38)12-10-20)21(15-32-26)18-5-8-23-24(14-18)39-17(2)33-23/h5-8,13-15,20,38H,9-12H2,1-4H3,(H,31,37)(H2,32,34,35,36)/t20-,30+. The lowest BCUT2D eigenvalue weighted by Gasteiger charge is -2.33. The Labute approximate surface area is 231 Å². The van der Waals surface area contributed by atoms with Gasteiger partial charge in [0.2, 0.25) is 11.8 Å². The molecule has 0 radical (unpaired) electrons. The number of anilines is 2. The fourth-order valence-electron chi connectivity index (χ4n) is 5.28. The van der Waals surface area contributed by atoms with Crippen LogP contribution in [0.25, 0.3) is 33.3 Å². The van der Waals surface area contributed by atoms with E-state index in [9.17, 15) is 9.90 Å². The number of aromatic nitrogens is 4. The Kier molecular flexibility index (Phi) is 6.42. The lowest BCUT2D eigenvalue weighted by atomic mass is 9.85. The molecule has 1 fully saturated rings. The molecule has 1 aliphatic carbocycles. The Hall–Kier alpha value is -4.44. The molecule has 1 amide bonds. The van der Waals surface area contributed by atoms with Crippen molar-refractivity contribution in [1.29, 1.82) is 0 Å². The van der Waals surface area contributed by atoms with E-state index in [2.05, 4.69) is 20.6 Å². The fourth-order valence-corrected chi connectivity index (χ4v) is 5.28. The van der Waals surface area contributed by atoms with E-state index in [0.29, 0.717) is 47.4 Å². The molecule has 5 aromatic rings. The second-order valence-corrected chi connectivity index (χ2v) is 10.7. The quantitative estimate of drug-likeness (QED) is 0.220. The van der Waals surface area contributed by atoms with Crippen LogP contribution >= 0.6 is 0 Å². The number of rotatable bonds is 6. The molecule has 4 N–H and O–H groups in total. The first-order valence-electron chi connectivity index (χ1n) is 13.4. The molecular formula is C30H32N6O4. The number of aromatic amines is 1. The van der Waals surface area contributed by atoms with E-state index in [1.807, 2.05) is 57.3 Å². The average molecular weight is 541 g/mol. The van der Waals surface area contributed by atoms with Crippen molar-refractivity contribution < 1.29 is 19.1 Å². The monoisotopic (exact) mass is 540 g/mol. The second kappa shape index (κ2) is 9.95. The summed E-state index contributed by atoms with van der Waals surface area (Å²) < 4.78 is 12.3. The average Bonchev–Trinajstić information content (AvgIpc) is 3.52. The van der Waals surface area contributed by atoms with Crippen LogP contribution in [0, 0.1) is 13.8 Å². The van der Waals surface area contributed by atoms with Gasteiger partial charge in [-0.15, -0.1) is 0 Å². The number of aryl methyl sites for hydroxylation is 2. The lowest BCUT2D eigenvalue weighted by Crippen LogP contribution is -2.35. The predicted octanol–water partition coefficient (Wildman–Crippen LogP) is 5.56. The minimum atomic E-state index is -0.671. The van der Waals surface area contributed by atoms with E-state index in [-0.39, 0.29) is 12.0 Å². The molecule has 0 unspecified atom stereocenters. The summed E-state index contributed by atoms with van der Waals surface area (Å²) in [5.41, 5.74) is 5.51.